The van der Waals surface area contributed by atoms with Gasteiger partial charge in [-0.3, -0.25) is 14.4 Å². The van der Waals surface area contributed by atoms with Crippen LogP contribution in [-0.2, 0) is 4.79 Å². The maximum Gasteiger partial charge on any atom is 0.290 e. The van der Waals surface area contributed by atoms with Crippen molar-refractivity contribution in [2.75, 3.05) is 19.6 Å². The first kappa shape index (κ1) is 13.4. The first-order chi connectivity index (χ1) is 10.1. The van der Waals surface area contributed by atoms with Gasteiger partial charge in [0.15, 0.2) is 11.2 Å². The summed E-state index contributed by atoms with van der Waals surface area (Å²) < 4.78 is 5.51. The van der Waals surface area contributed by atoms with Crippen molar-refractivity contribution in [2.24, 2.45) is 0 Å². The molecule has 2 heterocycles. The van der Waals surface area contributed by atoms with Crippen LogP contribution in [0.2, 0.25) is 0 Å². The summed E-state index contributed by atoms with van der Waals surface area (Å²) in [6.07, 6.45) is 0.676. The molecule has 1 aliphatic rings. The Labute approximate surface area is 120 Å². The highest BCUT2D eigenvalue weighted by atomic mass is 16.3. The number of para-hydroxylation sites is 1. The molecule has 0 spiro atoms. The highest BCUT2D eigenvalue weighted by molar-refractivity contribution is 5.95. The second-order valence-corrected chi connectivity index (χ2v) is 4.90. The molecule has 6 heteroatoms. The predicted octanol–water partition coefficient (Wildman–Crippen LogP) is 0.755. The van der Waals surface area contributed by atoms with Gasteiger partial charge in [0.05, 0.1) is 11.9 Å². The van der Waals surface area contributed by atoms with E-state index in [1.54, 1.807) is 24.3 Å². The molecule has 1 aromatic carbocycles. The third-order valence-electron chi connectivity index (χ3n) is 3.39. The smallest absolute Gasteiger partial charge is 0.290 e. The Morgan fingerprint density at radius 3 is 2.90 bits per heavy atom. The summed E-state index contributed by atoms with van der Waals surface area (Å²) in [5, 5.41) is 3.13. The van der Waals surface area contributed by atoms with Crippen LogP contribution < -0.4 is 10.7 Å². The third-order valence-corrected chi connectivity index (χ3v) is 3.39. The zero-order valence-corrected chi connectivity index (χ0v) is 11.3. The van der Waals surface area contributed by atoms with Crippen molar-refractivity contribution < 1.29 is 14.0 Å². The molecule has 0 unspecified atom stereocenters. The second kappa shape index (κ2) is 5.40. The summed E-state index contributed by atoms with van der Waals surface area (Å²) in [5.74, 6) is -0.674. The quantitative estimate of drug-likeness (QED) is 0.839. The van der Waals surface area contributed by atoms with Gasteiger partial charge in [0.25, 0.3) is 5.91 Å². The average molecular weight is 286 g/mol. The van der Waals surface area contributed by atoms with Crippen molar-refractivity contribution in [1.82, 2.24) is 10.2 Å². The van der Waals surface area contributed by atoms with Crippen LogP contribution in [0.3, 0.4) is 0 Å². The molecule has 1 aromatic heterocycles. The summed E-state index contributed by atoms with van der Waals surface area (Å²) >= 11 is 0. The predicted molar refractivity (Wildman–Crippen MR) is 76.0 cm³/mol. The molecule has 1 N–H and O–H groups in total. The topological polar surface area (TPSA) is 79.6 Å². The van der Waals surface area contributed by atoms with Crippen LogP contribution in [0.15, 0.2) is 39.5 Å². The van der Waals surface area contributed by atoms with Crippen LogP contribution in [0.1, 0.15) is 17.0 Å². The third kappa shape index (κ3) is 2.65. The number of carbonyl (C=O) groups is 2. The van der Waals surface area contributed by atoms with Gasteiger partial charge in [-0.15, -0.1) is 0 Å². The molecule has 1 aliphatic heterocycles. The molecule has 6 nitrogen and oxygen atoms in total. The van der Waals surface area contributed by atoms with E-state index in [1.807, 2.05) is 0 Å². The van der Waals surface area contributed by atoms with Gasteiger partial charge >= 0.3 is 0 Å². The van der Waals surface area contributed by atoms with Crippen molar-refractivity contribution in [3.63, 3.8) is 0 Å². The Hall–Kier alpha value is -2.63. The van der Waals surface area contributed by atoms with Crippen molar-refractivity contribution in [1.29, 1.82) is 0 Å². The lowest BCUT2D eigenvalue weighted by atomic mass is 10.2. The van der Waals surface area contributed by atoms with Crippen molar-refractivity contribution >= 4 is 22.8 Å². The van der Waals surface area contributed by atoms with E-state index in [0.29, 0.717) is 30.5 Å². The minimum absolute atomic E-state index is 0.0185. The average Bonchev–Trinajstić information content (AvgIpc) is 2.71. The van der Waals surface area contributed by atoms with E-state index in [1.165, 1.54) is 11.0 Å². The Bertz CT molecular complexity index is 766. The Morgan fingerprint density at radius 2 is 2.05 bits per heavy atom. The zero-order chi connectivity index (χ0) is 14.8. The summed E-state index contributed by atoms with van der Waals surface area (Å²) in [7, 11) is 0. The lowest BCUT2D eigenvalue weighted by molar-refractivity contribution is -0.121. The highest BCUT2D eigenvalue weighted by Crippen LogP contribution is 2.13. The van der Waals surface area contributed by atoms with Crippen LogP contribution in [-0.4, -0.2) is 36.3 Å². The SMILES string of the molecule is O=C1CN(C(=O)c2cc(=O)c3ccccc3o2)CCCN1. The normalized spacial score (nSPS) is 15.6. The standard InChI is InChI=1S/C15H14N2O4/c18-11-8-13(21-12-5-2-1-4-10(11)12)15(20)17-7-3-6-16-14(19)9-17/h1-2,4-5,8H,3,6-7,9H2,(H,16,19). The minimum atomic E-state index is -0.435. The number of nitrogens with one attached hydrogen (secondary N) is 1. The van der Waals surface area contributed by atoms with Crippen LogP contribution in [0, 0.1) is 0 Å². The van der Waals surface area contributed by atoms with Crippen molar-refractivity contribution in [2.45, 2.75) is 6.42 Å². The lowest BCUT2D eigenvalue weighted by Crippen LogP contribution is -2.37. The molecule has 2 amide bonds. The summed E-state index contributed by atoms with van der Waals surface area (Å²) in [6, 6.07) is 7.95. The first-order valence-electron chi connectivity index (χ1n) is 6.74. The van der Waals surface area contributed by atoms with E-state index < -0.39 is 5.91 Å². The first-order valence-corrected chi connectivity index (χ1v) is 6.74. The number of rotatable bonds is 1. The summed E-state index contributed by atoms with van der Waals surface area (Å²) in [6.45, 7) is 0.980. The summed E-state index contributed by atoms with van der Waals surface area (Å²) in [5.41, 5.74) is 0.104. The number of hydrogen-bond donors (Lipinski definition) is 1. The molecular weight excluding hydrogens is 272 g/mol. The summed E-state index contributed by atoms with van der Waals surface area (Å²) in [4.78, 5) is 37.3. The fraction of sp³-hybridized carbons (Fsp3) is 0.267. The van der Waals surface area contributed by atoms with Crippen LogP contribution in [0.5, 0.6) is 0 Å². The molecule has 0 aliphatic carbocycles. The zero-order valence-electron chi connectivity index (χ0n) is 11.3. The number of amides is 2. The fourth-order valence-electron chi connectivity index (χ4n) is 2.34. The van der Waals surface area contributed by atoms with Crippen molar-refractivity contribution in [3.05, 3.63) is 46.3 Å². The molecule has 0 bridgehead atoms. The number of carbonyl (C=O) groups excluding carboxylic acids is 2. The minimum Gasteiger partial charge on any atom is -0.451 e. The van der Waals surface area contributed by atoms with Crippen LogP contribution in [0.25, 0.3) is 11.0 Å². The molecule has 2 aromatic rings. The largest absolute Gasteiger partial charge is 0.451 e. The Kier molecular flexibility index (Phi) is 3.43. The molecule has 0 saturated carbocycles. The Balaban J connectivity index is 1.97. The molecule has 108 valence electrons. The number of benzene rings is 1. The van der Waals surface area contributed by atoms with E-state index in [0.717, 1.165) is 0 Å². The molecule has 0 radical (unpaired) electrons. The van der Waals surface area contributed by atoms with Crippen LogP contribution >= 0.6 is 0 Å². The molecule has 1 saturated heterocycles. The van der Waals surface area contributed by atoms with Gasteiger partial charge in [0.2, 0.25) is 5.91 Å². The molecular formula is C15H14N2O4. The molecule has 1 fully saturated rings. The van der Waals surface area contributed by atoms with Crippen LogP contribution in [0.4, 0.5) is 0 Å². The molecule has 0 atom stereocenters. The number of hydrogen-bond acceptors (Lipinski definition) is 4. The monoisotopic (exact) mass is 286 g/mol. The van der Waals surface area contributed by atoms with Gasteiger partial charge in [0.1, 0.15) is 5.58 Å². The maximum absolute atomic E-state index is 12.4. The van der Waals surface area contributed by atoms with E-state index in [9.17, 15) is 14.4 Å². The van der Waals surface area contributed by atoms with Gasteiger partial charge in [-0.1, -0.05) is 12.1 Å². The molecule has 21 heavy (non-hydrogen) atoms. The van der Waals surface area contributed by atoms with E-state index in [-0.39, 0.29) is 23.6 Å². The number of fused-ring (bicyclic) bond motifs is 1. The highest BCUT2D eigenvalue weighted by Gasteiger charge is 2.23. The van der Waals surface area contributed by atoms with Gasteiger partial charge in [-0.25, -0.2) is 0 Å². The fourth-order valence-corrected chi connectivity index (χ4v) is 2.34. The van der Waals surface area contributed by atoms with Crippen molar-refractivity contribution in [3.8, 4) is 0 Å². The van der Waals surface area contributed by atoms with Gasteiger partial charge in [-0.05, 0) is 18.6 Å². The van der Waals surface area contributed by atoms with Gasteiger partial charge in [-0.2, -0.15) is 0 Å². The maximum atomic E-state index is 12.4. The molecule has 3 rings (SSSR count). The van der Waals surface area contributed by atoms with Gasteiger partial charge < -0.3 is 14.6 Å². The van der Waals surface area contributed by atoms with E-state index in [4.69, 9.17) is 4.42 Å². The lowest BCUT2D eigenvalue weighted by Gasteiger charge is -2.18. The second-order valence-electron chi connectivity index (χ2n) is 4.90. The van der Waals surface area contributed by atoms with E-state index >= 15 is 0 Å². The number of nitrogens with zero attached hydrogens (tertiary/aromatic N) is 1. The van der Waals surface area contributed by atoms with Gasteiger partial charge in [0, 0.05) is 19.2 Å². The van der Waals surface area contributed by atoms with E-state index in [2.05, 4.69) is 5.32 Å². The Morgan fingerprint density at radius 1 is 1.24 bits per heavy atom.